The van der Waals surface area contributed by atoms with Crippen LogP contribution >= 0.6 is 0 Å². The lowest BCUT2D eigenvalue weighted by molar-refractivity contribution is -0.115. The maximum Gasteiger partial charge on any atom is 0.228 e. The van der Waals surface area contributed by atoms with Crippen LogP contribution in [0, 0.1) is 5.82 Å². The molecule has 5 rings (SSSR count). The van der Waals surface area contributed by atoms with Crippen molar-refractivity contribution in [3.63, 3.8) is 0 Å². The van der Waals surface area contributed by atoms with Crippen LogP contribution in [0.15, 0.2) is 66.9 Å². The van der Waals surface area contributed by atoms with Gasteiger partial charge in [-0.2, -0.15) is 0 Å². The SMILES string of the molecule is O=C(Cc1c[nH]c2ccc(F)cc12)Nc1ccc2c(c1)Cc1ccccc1-2. The number of nitrogens with one attached hydrogen (secondary N) is 2. The fraction of sp³-hybridized carbons (Fsp3) is 0.0870. The van der Waals surface area contributed by atoms with Crippen LogP contribution in [-0.4, -0.2) is 10.9 Å². The first-order valence-corrected chi connectivity index (χ1v) is 8.94. The van der Waals surface area contributed by atoms with E-state index in [1.807, 2.05) is 18.2 Å². The maximum absolute atomic E-state index is 13.5. The Morgan fingerprint density at radius 2 is 1.85 bits per heavy atom. The van der Waals surface area contributed by atoms with E-state index in [4.69, 9.17) is 0 Å². The van der Waals surface area contributed by atoms with E-state index in [2.05, 4.69) is 34.6 Å². The predicted octanol–water partition coefficient (Wildman–Crippen LogP) is 5.06. The third-order valence-corrected chi connectivity index (χ3v) is 5.16. The Morgan fingerprint density at radius 1 is 1.00 bits per heavy atom. The number of hydrogen-bond acceptors (Lipinski definition) is 1. The van der Waals surface area contributed by atoms with Crippen molar-refractivity contribution in [3.05, 3.63) is 89.4 Å². The number of halogens is 1. The molecule has 132 valence electrons. The molecular formula is C23H17FN2O. The van der Waals surface area contributed by atoms with Gasteiger partial charge < -0.3 is 10.3 Å². The lowest BCUT2D eigenvalue weighted by Crippen LogP contribution is -2.14. The number of anilines is 1. The first-order valence-electron chi connectivity index (χ1n) is 8.94. The van der Waals surface area contributed by atoms with Gasteiger partial charge in [-0.05, 0) is 64.6 Å². The number of benzene rings is 3. The molecule has 2 N–H and O–H groups in total. The van der Waals surface area contributed by atoms with Gasteiger partial charge in [-0.3, -0.25) is 4.79 Å². The van der Waals surface area contributed by atoms with Gasteiger partial charge in [0.1, 0.15) is 5.82 Å². The summed E-state index contributed by atoms with van der Waals surface area (Å²) in [5, 5.41) is 3.71. The highest BCUT2D eigenvalue weighted by molar-refractivity contribution is 5.96. The number of aromatic nitrogens is 1. The van der Waals surface area contributed by atoms with Gasteiger partial charge in [0.05, 0.1) is 6.42 Å². The number of amides is 1. The van der Waals surface area contributed by atoms with E-state index in [-0.39, 0.29) is 18.1 Å². The van der Waals surface area contributed by atoms with Gasteiger partial charge in [-0.25, -0.2) is 4.39 Å². The zero-order valence-corrected chi connectivity index (χ0v) is 14.6. The van der Waals surface area contributed by atoms with Gasteiger partial charge in [0.25, 0.3) is 0 Å². The molecule has 1 aliphatic carbocycles. The molecule has 27 heavy (non-hydrogen) atoms. The van der Waals surface area contributed by atoms with Gasteiger partial charge in [-0.15, -0.1) is 0 Å². The van der Waals surface area contributed by atoms with Crippen molar-refractivity contribution in [2.75, 3.05) is 5.32 Å². The minimum Gasteiger partial charge on any atom is -0.361 e. The zero-order chi connectivity index (χ0) is 18.4. The molecule has 0 bridgehead atoms. The van der Waals surface area contributed by atoms with Crippen molar-refractivity contribution in [2.45, 2.75) is 12.8 Å². The largest absolute Gasteiger partial charge is 0.361 e. The lowest BCUT2D eigenvalue weighted by atomic mass is 10.1. The predicted molar refractivity (Wildman–Crippen MR) is 105 cm³/mol. The van der Waals surface area contributed by atoms with Crippen molar-refractivity contribution in [1.82, 2.24) is 4.98 Å². The van der Waals surface area contributed by atoms with Crippen molar-refractivity contribution in [1.29, 1.82) is 0 Å². The summed E-state index contributed by atoms with van der Waals surface area (Å²) in [4.78, 5) is 15.6. The Bertz CT molecular complexity index is 1190. The van der Waals surface area contributed by atoms with Crippen LogP contribution in [0.1, 0.15) is 16.7 Å². The normalized spacial score (nSPS) is 12.0. The molecule has 0 saturated carbocycles. The minimum atomic E-state index is -0.304. The van der Waals surface area contributed by atoms with Crippen LogP contribution in [0.4, 0.5) is 10.1 Å². The van der Waals surface area contributed by atoms with Crippen molar-refractivity contribution < 1.29 is 9.18 Å². The second-order valence-corrected chi connectivity index (χ2v) is 6.93. The Labute approximate surface area is 155 Å². The summed E-state index contributed by atoms with van der Waals surface area (Å²) in [6.07, 6.45) is 2.85. The third kappa shape index (κ3) is 2.79. The van der Waals surface area contributed by atoms with Crippen molar-refractivity contribution in [2.24, 2.45) is 0 Å². The minimum absolute atomic E-state index is 0.115. The quantitative estimate of drug-likeness (QED) is 0.466. The van der Waals surface area contributed by atoms with Crippen molar-refractivity contribution >= 4 is 22.5 Å². The molecule has 4 heteroatoms. The molecule has 0 aliphatic heterocycles. The van der Waals surface area contributed by atoms with E-state index in [0.29, 0.717) is 0 Å². The summed E-state index contributed by atoms with van der Waals surface area (Å²) >= 11 is 0. The highest BCUT2D eigenvalue weighted by Crippen LogP contribution is 2.37. The molecule has 0 unspecified atom stereocenters. The smallest absolute Gasteiger partial charge is 0.228 e. The average Bonchev–Trinajstić information content (AvgIpc) is 3.22. The Morgan fingerprint density at radius 3 is 2.78 bits per heavy atom. The van der Waals surface area contributed by atoms with Crippen LogP contribution in [-0.2, 0) is 17.6 Å². The van der Waals surface area contributed by atoms with Gasteiger partial charge in [-0.1, -0.05) is 30.3 Å². The molecule has 4 aromatic rings. The van der Waals surface area contributed by atoms with E-state index in [1.54, 1.807) is 12.3 Å². The first-order chi connectivity index (χ1) is 13.2. The molecule has 1 aliphatic rings. The number of aromatic amines is 1. The fourth-order valence-corrected chi connectivity index (χ4v) is 3.90. The monoisotopic (exact) mass is 356 g/mol. The molecular weight excluding hydrogens is 339 g/mol. The van der Waals surface area contributed by atoms with Gasteiger partial charge in [0, 0.05) is 22.8 Å². The Balaban J connectivity index is 1.36. The molecule has 0 spiro atoms. The number of rotatable bonds is 3. The topological polar surface area (TPSA) is 44.9 Å². The zero-order valence-electron chi connectivity index (χ0n) is 14.6. The molecule has 3 aromatic carbocycles. The summed E-state index contributed by atoms with van der Waals surface area (Å²) in [5.74, 6) is -0.419. The number of H-pyrrole nitrogens is 1. The van der Waals surface area contributed by atoms with E-state index < -0.39 is 0 Å². The summed E-state index contributed by atoms with van der Waals surface area (Å²) in [5.41, 5.74) is 7.45. The van der Waals surface area contributed by atoms with E-state index in [1.165, 1.54) is 34.4 Å². The molecule has 0 atom stereocenters. The highest BCUT2D eigenvalue weighted by atomic mass is 19.1. The third-order valence-electron chi connectivity index (χ3n) is 5.16. The number of fused-ring (bicyclic) bond motifs is 4. The summed E-state index contributed by atoms with van der Waals surface area (Å²) in [6.45, 7) is 0. The number of carbonyl (C=O) groups excluding carboxylic acids is 1. The van der Waals surface area contributed by atoms with Gasteiger partial charge in [0.15, 0.2) is 0 Å². The standard InChI is InChI=1S/C23H17FN2O/c24-17-5-8-22-21(12-17)16(13-25-22)11-23(27)26-18-6-7-20-15(10-18)9-14-3-1-2-4-19(14)20/h1-8,10,12-13,25H,9,11H2,(H,26,27). The van der Waals surface area contributed by atoms with Crippen LogP contribution in [0.3, 0.4) is 0 Å². The van der Waals surface area contributed by atoms with E-state index in [9.17, 15) is 9.18 Å². The lowest BCUT2D eigenvalue weighted by Gasteiger charge is -2.08. The highest BCUT2D eigenvalue weighted by Gasteiger charge is 2.18. The van der Waals surface area contributed by atoms with Crippen molar-refractivity contribution in [3.8, 4) is 11.1 Å². The van der Waals surface area contributed by atoms with E-state index in [0.717, 1.165) is 28.6 Å². The summed E-state index contributed by atoms with van der Waals surface area (Å²) < 4.78 is 13.5. The molecule has 0 saturated heterocycles. The number of hydrogen-bond donors (Lipinski definition) is 2. The molecule has 1 heterocycles. The molecule has 3 nitrogen and oxygen atoms in total. The molecule has 0 radical (unpaired) electrons. The second kappa shape index (κ2) is 6.09. The van der Waals surface area contributed by atoms with Crippen LogP contribution < -0.4 is 5.32 Å². The van der Waals surface area contributed by atoms with Gasteiger partial charge >= 0.3 is 0 Å². The Kier molecular flexibility index (Phi) is 3.57. The molecule has 1 aromatic heterocycles. The molecule has 1 amide bonds. The fourth-order valence-electron chi connectivity index (χ4n) is 3.90. The average molecular weight is 356 g/mol. The van der Waals surface area contributed by atoms with Gasteiger partial charge in [0.2, 0.25) is 5.91 Å². The Hall–Kier alpha value is -3.40. The molecule has 0 fully saturated rings. The summed E-state index contributed by atoms with van der Waals surface area (Å²) in [7, 11) is 0. The van der Waals surface area contributed by atoms with Crippen LogP contribution in [0.2, 0.25) is 0 Å². The summed E-state index contributed by atoms with van der Waals surface area (Å²) in [6, 6.07) is 19.0. The second-order valence-electron chi connectivity index (χ2n) is 6.93. The maximum atomic E-state index is 13.5. The number of carbonyl (C=O) groups is 1. The van der Waals surface area contributed by atoms with E-state index >= 15 is 0 Å². The van der Waals surface area contributed by atoms with Crippen LogP contribution in [0.5, 0.6) is 0 Å². The first kappa shape index (κ1) is 15.8. The van der Waals surface area contributed by atoms with Crippen LogP contribution in [0.25, 0.3) is 22.0 Å².